The van der Waals surface area contributed by atoms with E-state index in [0.717, 1.165) is 12.8 Å². The lowest BCUT2D eigenvalue weighted by molar-refractivity contribution is -0.147. The molecular weight excluding hydrogens is 243 g/mol. The summed E-state index contributed by atoms with van der Waals surface area (Å²) in [5, 5.41) is 8.75. The van der Waals surface area contributed by atoms with Crippen molar-refractivity contribution < 1.29 is 13.2 Å². The summed E-state index contributed by atoms with van der Waals surface area (Å²) in [7, 11) is 0. The van der Waals surface area contributed by atoms with Gasteiger partial charge in [0.05, 0.1) is 22.7 Å². The van der Waals surface area contributed by atoms with Crippen molar-refractivity contribution in [2.24, 2.45) is 0 Å². The molecule has 0 aliphatic heterocycles. The minimum atomic E-state index is -4.46. The minimum absolute atomic E-state index is 0.112. The standard InChI is InChI=1S/C12H8F3N3/c13-12(14,15)11-17-9-5-7(6-16)1-4-10(9)18(11)8-2-3-8/h1,4-5,8H,2-3H2. The van der Waals surface area contributed by atoms with Gasteiger partial charge in [-0.3, -0.25) is 0 Å². The maximum Gasteiger partial charge on any atom is 0.449 e. The summed E-state index contributed by atoms with van der Waals surface area (Å²) in [6.45, 7) is 0. The van der Waals surface area contributed by atoms with Crippen molar-refractivity contribution in [3.8, 4) is 6.07 Å². The van der Waals surface area contributed by atoms with Crippen LogP contribution in [0.3, 0.4) is 0 Å². The summed E-state index contributed by atoms with van der Waals surface area (Å²) < 4.78 is 40.0. The van der Waals surface area contributed by atoms with Crippen molar-refractivity contribution >= 4 is 11.0 Å². The summed E-state index contributed by atoms with van der Waals surface area (Å²) in [6.07, 6.45) is -2.97. The van der Waals surface area contributed by atoms with E-state index in [9.17, 15) is 13.2 Å². The van der Waals surface area contributed by atoms with Crippen LogP contribution in [-0.4, -0.2) is 9.55 Å². The Kier molecular flexibility index (Phi) is 2.14. The first-order valence-corrected chi connectivity index (χ1v) is 5.50. The smallest absolute Gasteiger partial charge is 0.317 e. The molecule has 1 saturated carbocycles. The first kappa shape index (κ1) is 11.1. The second-order valence-electron chi connectivity index (χ2n) is 4.35. The molecule has 1 fully saturated rings. The fraction of sp³-hybridized carbons (Fsp3) is 0.333. The number of nitrogens with zero attached hydrogens (tertiary/aromatic N) is 3. The fourth-order valence-electron chi connectivity index (χ4n) is 2.07. The SMILES string of the molecule is N#Cc1ccc2c(c1)nc(C(F)(F)F)n2C1CC1. The summed E-state index contributed by atoms with van der Waals surface area (Å²) >= 11 is 0. The third-order valence-corrected chi connectivity index (χ3v) is 2.98. The van der Waals surface area contributed by atoms with Gasteiger partial charge in [-0.2, -0.15) is 18.4 Å². The Morgan fingerprint density at radius 1 is 1.33 bits per heavy atom. The number of halogens is 3. The summed E-state index contributed by atoms with van der Waals surface area (Å²) in [5.41, 5.74) is 0.994. The molecule has 1 aromatic carbocycles. The number of alkyl halides is 3. The summed E-state index contributed by atoms with van der Waals surface area (Å²) in [6, 6.07) is 6.23. The summed E-state index contributed by atoms with van der Waals surface area (Å²) in [4.78, 5) is 3.64. The number of rotatable bonds is 1. The number of hydrogen-bond acceptors (Lipinski definition) is 2. The molecule has 0 atom stereocenters. The number of nitriles is 1. The highest BCUT2D eigenvalue weighted by atomic mass is 19.4. The van der Waals surface area contributed by atoms with E-state index in [0.29, 0.717) is 11.1 Å². The van der Waals surface area contributed by atoms with E-state index in [4.69, 9.17) is 5.26 Å². The molecule has 0 radical (unpaired) electrons. The van der Waals surface area contributed by atoms with Crippen LogP contribution < -0.4 is 0 Å². The molecule has 3 nitrogen and oxygen atoms in total. The molecule has 1 aliphatic rings. The summed E-state index contributed by atoms with van der Waals surface area (Å²) in [5.74, 6) is -0.866. The molecule has 0 unspecified atom stereocenters. The van der Waals surface area contributed by atoms with E-state index < -0.39 is 12.0 Å². The topological polar surface area (TPSA) is 41.6 Å². The molecule has 0 spiro atoms. The molecule has 0 amide bonds. The molecule has 18 heavy (non-hydrogen) atoms. The zero-order valence-electron chi connectivity index (χ0n) is 9.20. The number of aromatic nitrogens is 2. The van der Waals surface area contributed by atoms with Crippen LogP contribution in [0.2, 0.25) is 0 Å². The van der Waals surface area contributed by atoms with Gasteiger partial charge >= 0.3 is 6.18 Å². The minimum Gasteiger partial charge on any atom is -0.317 e. The van der Waals surface area contributed by atoms with Gasteiger partial charge in [0.1, 0.15) is 0 Å². The van der Waals surface area contributed by atoms with Crippen molar-refractivity contribution in [3.05, 3.63) is 29.6 Å². The van der Waals surface area contributed by atoms with Crippen molar-refractivity contribution in [2.45, 2.75) is 25.1 Å². The van der Waals surface area contributed by atoms with Gasteiger partial charge < -0.3 is 4.57 Å². The quantitative estimate of drug-likeness (QED) is 0.780. The van der Waals surface area contributed by atoms with Crippen LogP contribution in [-0.2, 0) is 6.18 Å². The van der Waals surface area contributed by atoms with Crippen LogP contribution in [0, 0.1) is 11.3 Å². The predicted molar refractivity (Wildman–Crippen MR) is 57.7 cm³/mol. The maximum atomic E-state index is 12.9. The molecule has 2 aromatic rings. The first-order valence-electron chi connectivity index (χ1n) is 5.50. The van der Waals surface area contributed by atoms with Gasteiger partial charge in [0.15, 0.2) is 0 Å². The molecule has 0 bridgehead atoms. The van der Waals surface area contributed by atoms with Crippen LogP contribution in [0.1, 0.15) is 30.3 Å². The largest absolute Gasteiger partial charge is 0.449 e. The molecular formula is C12H8F3N3. The maximum absolute atomic E-state index is 12.9. The lowest BCUT2D eigenvalue weighted by Crippen LogP contribution is -2.14. The first-order chi connectivity index (χ1) is 8.50. The fourth-order valence-corrected chi connectivity index (χ4v) is 2.07. The van der Waals surface area contributed by atoms with Gasteiger partial charge in [0, 0.05) is 6.04 Å². The zero-order chi connectivity index (χ0) is 12.9. The number of imidazole rings is 1. The Bertz CT molecular complexity index is 659. The number of fused-ring (bicyclic) bond motifs is 1. The Balaban J connectivity index is 2.29. The van der Waals surface area contributed by atoms with Crippen molar-refractivity contribution in [1.82, 2.24) is 9.55 Å². The molecule has 1 heterocycles. The monoisotopic (exact) mass is 251 g/mol. The van der Waals surface area contributed by atoms with Gasteiger partial charge in [0.2, 0.25) is 5.82 Å². The van der Waals surface area contributed by atoms with Gasteiger partial charge in [-0.05, 0) is 31.0 Å². The van der Waals surface area contributed by atoms with Crippen molar-refractivity contribution in [1.29, 1.82) is 5.26 Å². The normalized spacial score (nSPS) is 15.9. The highest BCUT2D eigenvalue weighted by Crippen LogP contribution is 2.42. The molecule has 0 saturated heterocycles. The molecule has 92 valence electrons. The van der Waals surface area contributed by atoms with Crippen LogP contribution in [0.5, 0.6) is 0 Å². The van der Waals surface area contributed by atoms with E-state index in [1.54, 1.807) is 0 Å². The Hall–Kier alpha value is -2.03. The van der Waals surface area contributed by atoms with Gasteiger partial charge in [-0.25, -0.2) is 4.98 Å². The average Bonchev–Trinajstić information content (AvgIpc) is 3.07. The lowest BCUT2D eigenvalue weighted by Gasteiger charge is -2.09. The number of benzene rings is 1. The van der Waals surface area contributed by atoms with E-state index in [2.05, 4.69) is 4.98 Å². The van der Waals surface area contributed by atoms with E-state index in [1.165, 1.54) is 22.8 Å². The van der Waals surface area contributed by atoms with Gasteiger partial charge in [-0.1, -0.05) is 0 Å². The molecule has 1 aromatic heterocycles. The van der Waals surface area contributed by atoms with E-state index in [1.807, 2.05) is 6.07 Å². The zero-order valence-corrected chi connectivity index (χ0v) is 9.20. The third kappa shape index (κ3) is 1.63. The molecule has 3 rings (SSSR count). The van der Waals surface area contributed by atoms with E-state index >= 15 is 0 Å². The van der Waals surface area contributed by atoms with Gasteiger partial charge in [-0.15, -0.1) is 0 Å². The average molecular weight is 251 g/mol. The Morgan fingerprint density at radius 3 is 2.61 bits per heavy atom. The van der Waals surface area contributed by atoms with Crippen LogP contribution in [0.4, 0.5) is 13.2 Å². The second-order valence-corrected chi connectivity index (χ2v) is 4.35. The Morgan fingerprint density at radius 2 is 2.06 bits per heavy atom. The van der Waals surface area contributed by atoms with Crippen LogP contribution >= 0.6 is 0 Å². The highest BCUT2D eigenvalue weighted by molar-refractivity contribution is 5.78. The van der Waals surface area contributed by atoms with E-state index in [-0.39, 0.29) is 11.6 Å². The second kappa shape index (κ2) is 3.48. The highest BCUT2D eigenvalue weighted by Gasteiger charge is 2.41. The molecule has 6 heteroatoms. The molecule has 1 aliphatic carbocycles. The van der Waals surface area contributed by atoms with Crippen molar-refractivity contribution in [2.75, 3.05) is 0 Å². The molecule has 0 N–H and O–H groups in total. The third-order valence-electron chi connectivity index (χ3n) is 2.98. The van der Waals surface area contributed by atoms with Crippen molar-refractivity contribution in [3.63, 3.8) is 0 Å². The van der Waals surface area contributed by atoms with Crippen LogP contribution in [0.15, 0.2) is 18.2 Å². The van der Waals surface area contributed by atoms with Crippen LogP contribution in [0.25, 0.3) is 11.0 Å². The van der Waals surface area contributed by atoms with Gasteiger partial charge in [0.25, 0.3) is 0 Å². The predicted octanol–water partition coefficient (Wildman–Crippen LogP) is 3.26. The number of hydrogen-bond donors (Lipinski definition) is 0. The lowest BCUT2D eigenvalue weighted by atomic mass is 10.2. The Labute approximate surface area is 100 Å².